The van der Waals surface area contributed by atoms with Gasteiger partial charge in [-0.2, -0.15) is 0 Å². The number of anilines is 2. The molecule has 0 saturated heterocycles. The molecule has 0 spiro atoms. The molecule has 0 fully saturated rings. The Morgan fingerprint density at radius 2 is 1.77 bits per heavy atom. The van der Waals surface area contributed by atoms with Gasteiger partial charge in [0.2, 0.25) is 0 Å². The quantitative estimate of drug-likeness (QED) is 0.111. The lowest BCUT2D eigenvalue weighted by Gasteiger charge is -2.13. The molecule has 8 nitrogen and oxygen atoms in total. The molecule has 0 radical (unpaired) electrons. The van der Waals surface area contributed by atoms with Crippen molar-refractivity contribution in [2.45, 2.75) is 24.3 Å². The molecule has 4 aromatic carbocycles. The average Bonchev–Trinajstić information content (AvgIpc) is 3.55. The highest BCUT2D eigenvalue weighted by atomic mass is 79.9. The molecule has 2 aromatic heterocycles. The van der Waals surface area contributed by atoms with Gasteiger partial charge in [0.15, 0.2) is 9.84 Å². The van der Waals surface area contributed by atoms with Gasteiger partial charge in [-0.1, -0.05) is 30.3 Å². The molecular formula is C35H29BrF2N4O4S2. The third-order valence-electron chi connectivity index (χ3n) is 7.31. The fourth-order valence-electron chi connectivity index (χ4n) is 4.88. The van der Waals surface area contributed by atoms with Crippen molar-refractivity contribution in [3.8, 4) is 17.0 Å². The fraction of sp³-hybridized carbons (Fsp3) is 0.171. The Morgan fingerprint density at radius 3 is 2.58 bits per heavy atom. The maximum absolute atomic E-state index is 15.3. The van der Waals surface area contributed by atoms with Crippen molar-refractivity contribution in [3.05, 3.63) is 123 Å². The molecule has 1 N–H and O–H groups in total. The Hall–Kier alpha value is -4.30. The summed E-state index contributed by atoms with van der Waals surface area (Å²) in [6.07, 6.45) is 2.62. The van der Waals surface area contributed by atoms with Crippen LogP contribution in [0.3, 0.4) is 0 Å². The number of nitrogens with one attached hydrogen (secondary N) is 1. The zero-order chi connectivity index (χ0) is 33.5. The molecule has 0 unspecified atom stereocenters. The molecule has 48 heavy (non-hydrogen) atoms. The SMILES string of the molecule is O=S(=O)(CCOCCCc1nc(-c2cc3c(Nc4ccc(OCc5cccc(F)c5)c(Br)c4)ncnc3cc2F)cs1)c1ccccc1. The van der Waals surface area contributed by atoms with Crippen LogP contribution in [0, 0.1) is 11.6 Å². The lowest BCUT2D eigenvalue weighted by atomic mass is 10.1. The number of aromatic nitrogens is 3. The minimum Gasteiger partial charge on any atom is -0.488 e. The van der Waals surface area contributed by atoms with E-state index >= 15 is 4.39 Å². The first-order valence-corrected chi connectivity index (χ1v) is 18.3. The maximum Gasteiger partial charge on any atom is 0.180 e. The first kappa shape index (κ1) is 33.6. The molecule has 0 atom stereocenters. The number of hydrogen-bond donors (Lipinski definition) is 1. The Labute approximate surface area is 288 Å². The minimum absolute atomic E-state index is 0.0881. The van der Waals surface area contributed by atoms with E-state index in [9.17, 15) is 12.8 Å². The van der Waals surface area contributed by atoms with Gasteiger partial charge in [-0.15, -0.1) is 11.3 Å². The van der Waals surface area contributed by atoms with Crippen LogP contribution >= 0.6 is 27.3 Å². The van der Waals surface area contributed by atoms with Gasteiger partial charge in [0.05, 0.1) is 37.9 Å². The van der Waals surface area contributed by atoms with Crippen molar-refractivity contribution in [3.63, 3.8) is 0 Å². The van der Waals surface area contributed by atoms with E-state index < -0.39 is 15.7 Å². The number of thiazole rings is 1. The maximum atomic E-state index is 15.3. The Bertz CT molecular complexity index is 2150. The summed E-state index contributed by atoms with van der Waals surface area (Å²) in [7, 11) is -3.38. The number of halogens is 3. The average molecular weight is 752 g/mol. The van der Waals surface area contributed by atoms with Crippen LogP contribution in [0.1, 0.15) is 17.0 Å². The molecule has 6 aromatic rings. The predicted octanol–water partition coefficient (Wildman–Crippen LogP) is 8.54. The van der Waals surface area contributed by atoms with Crippen molar-refractivity contribution in [1.82, 2.24) is 15.0 Å². The number of ether oxygens (including phenoxy) is 2. The summed E-state index contributed by atoms with van der Waals surface area (Å²) in [5, 5.41) is 6.53. The molecule has 0 saturated carbocycles. The Balaban J connectivity index is 1.08. The standard InChI is InChI=1S/C35H29BrF2N4O4S2/c36-29-17-25(11-12-33(29)46-20-23-6-4-7-24(37)16-23)41-35-28-18-27(30(38)19-31(28)39-22-40-35)32-21-47-34(42-32)10-5-13-45-14-15-48(43,44)26-8-2-1-3-9-26/h1-4,6-9,11-12,16-19,21-22H,5,10,13-15,20H2,(H,39,40,41). The number of fused-ring (bicyclic) bond motifs is 1. The third kappa shape index (κ3) is 8.40. The van der Waals surface area contributed by atoms with Crippen molar-refractivity contribution in [2.75, 3.05) is 24.3 Å². The second kappa shape index (κ2) is 15.3. The molecule has 246 valence electrons. The van der Waals surface area contributed by atoms with Gasteiger partial charge in [0.1, 0.15) is 36.1 Å². The first-order valence-electron chi connectivity index (χ1n) is 14.9. The highest BCUT2D eigenvalue weighted by molar-refractivity contribution is 9.10. The van der Waals surface area contributed by atoms with Gasteiger partial charge >= 0.3 is 0 Å². The van der Waals surface area contributed by atoms with E-state index in [1.165, 1.54) is 35.9 Å². The smallest absolute Gasteiger partial charge is 0.180 e. The third-order valence-corrected chi connectivity index (χ3v) is 10.5. The molecule has 0 bridgehead atoms. The largest absolute Gasteiger partial charge is 0.488 e. The van der Waals surface area contributed by atoms with Crippen LogP contribution in [0.4, 0.5) is 20.3 Å². The van der Waals surface area contributed by atoms with Crippen LogP contribution in [0.15, 0.2) is 106 Å². The molecule has 6 rings (SSSR count). The predicted molar refractivity (Wildman–Crippen MR) is 186 cm³/mol. The van der Waals surface area contributed by atoms with E-state index in [1.54, 1.807) is 54.6 Å². The van der Waals surface area contributed by atoms with Gasteiger partial charge in [-0.05, 0) is 76.4 Å². The summed E-state index contributed by atoms with van der Waals surface area (Å²) in [6.45, 7) is 0.695. The van der Waals surface area contributed by atoms with Crippen molar-refractivity contribution in [2.24, 2.45) is 0 Å². The lowest BCUT2D eigenvalue weighted by molar-refractivity contribution is 0.146. The number of benzene rings is 4. The van der Waals surface area contributed by atoms with Gasteiger partial charge in [-0.3, -0.25) is 0 Å². The second-order valence-corrected chi connectivity index (χ2v) is 14.6. The van der Waals surface area contributed by atoms with E-state index in [0.29, 0.717) is 68.9 Å². The number of hydrogen-bond acceptors (Lipinski definition) is 9. The lowest BCUT2D eigenvalue weighted by Crippen LogP contribution is -2.13. The zero-order valence-electron chi connectivity index (χ0n) is 25.4. The van der Waals surface area contributed by atoms with Crippen LogP contribution < -0.4 is 10.1 Å². The Morgan fingerprint density at radius 1 is 0.917 bits per heavy atom. The van der Waals surface area contributed by atoms with Crippen molar-refractivity contribution < 1.29 is 26.7 Å². The van der Waals surface area contributed by atoms with Crippen molar-refractivity contribution >= 4 is 59.5 Å². The van der Waals surface area contributed by atoms with E-state index in [2.05, 4.69) is 36.2 Å². The van der Waals surface area contributed by atoms with Crippen molar-refractivity contribution in [1.29, 1.82) is 0 Å². The zero-order valence-corrected chi connectivity index (χ0v) is 28.6. The number of nitrogens with zero attached hydrogens (tertiary/aromatic N) is 3. The molecular weight excluding hydrogens is 722 g/mol. The minimum atomic E-state index is -3.38. The van der Waals surface area contributed by atoms with E-state index in [1.807, 2.05) is 17.5 Å². The first-order chi connectivity index (χ1) is 23.2. The summed E-state index contributed by atoms with van der Waals surface area (Å²) in [5.41, 5.74) is 2.69. The summed E-state index contributed by atoms with van der Waals surface area (Å²) in [5.74, 6) is 0.218. The van der Waals surface area contributed by atoms with Gasteiger partial charge < -0.3 is 14.8 Å². The van der Waals surface area contributed by atoms with Crippen LogP contribution in [-0.4, -0.2) is 42.3 Å². The summed E-state index contributed by atoms with van der Waals surface area (Å²) < 4.78 is 65.7. The van der Waals surface area contributed by atoms with E-state index in [0.717, 1.165) is 5.01 Å². The molecule has 0 aliphatic heterocycles. The van der Waals surface area contributed by atoms with Crippen LogP contribution in [0.2, 0.25) is 0 Å². The highest BCUT2D eigenvalue weighted by Crippen LogP contribution is 2.34. The van der Waals surface area contributed by atoms with E-state index in [-0.39, 0.29) is 29.7 Å². The highest BCUT2D eigenvalue weighted by Gasteiger charge is 2.16. The molecule has 0 aliphatic carbocycles. The summed E-state index contributed by atoms with van der Waals surface area (Å²) in [6, 6.07) is 23.0. The van der Waals surface area contributed by atoms with Gasteiger partial charge in [0.25, 0.3) is 0 Å². The summed E-state index contributed by atoms with van der Waals surface area (Å²) in [4.78, 5) is 13.6. The molecule has 0 amide bonds. The van der Waals surface area contributed by atoms with Crippen LogP contribution in [0.5, 0.6) is 5.75 Å². The number of sulfone groups is 1. The molecule has 0 aliphatic rings. The second-order valence-electron chi connectivity index (χ2n) is 10.7. The number of rotatable bonds is 14. The molecule has 2 heterocycles. The molecule has 13 heteroatoms. The fourth-order valence-corrected chi connectivity index (χ4v) is 7.36. The monoisotopic (exact) mass is 750 g/mol. The summed E-state index contributed by atoms with van der Waals surface area (Å²) >= 11 is 4.96. The van der Waals surface area contributed by atoms with Crippen LogP contribution in [-0.2, 0) is 27.6 Å². The number of aryl methyl sites for hydroxylation is 1. The van der Waals surface area contributed by atoms with Gasteiger partial charge in [-0.25, -0.2) is 32.2 Å². The topological polar surface area (TPSA) is 103 Å². The van der Waals surface area contributed by atoms with Crippen LogP contribution in [0.25, 0.3) is 22.2 Å². The van der Waals surface area contributed by atoms with Gasteiger partial charge in [0, 0.05) is 41.1 Å². The Kier molecular flexibility index (Phi) is 10.7. The normalized spacial score (nSPS) is 11.6. The van der Waals surface area contributed by atoms with E-state index in [4.69, 9.17) is 9.47 Å².